The van der Waals surface area contributed by atoms with Crippen LogP contribution in [-0.2, 0) is 17.9 Å². The van der Waals surface area contributed by atoms with Crippen molar-refractivity contribution in [2.45, 2.75) is 45.3 Å². The van der Waals surface area contributed by atoms with Gasteiger partial charge < -0.3 is 5.32 Å². The van der Waals surface area contributed by atoms with E-state index in [2.05, 4.69) is 22.2 Å². The quantitative estimate of drug-likeness (QED) is 0.831. The Hall–Kier alpha value is -2.67. The van der Waals surface area contributed by atoms with Gasteiger partial charge in [-0.25, -0.2) is 4.68 Å². The minimum absolute atomic E-state index is 0.0402. The third-order valence-electron chi connectivity index (χ3n) is 5.77. The van der Waals surface area contributed by atoms with E-state index in [0.717, 1.165) is 30.9 Å². The Balaban J connectivity index is 1.36. The fraction of sp³-hybridized carbons (Fsp3) is 0.476. The second kappa shape index (κ2) is 8.14. The molecule has 0 bridgehead atoms. The maximum atomic E-state index is 12.5. The van der Waals surface area contributed by atoms with Gasteiger partial charge in [-0.3, -0.25) is 19.4 Å². The highest BCUT2D eigenvalue weighted by molar-refractivity contribution is 5.95. The van der Waals surface area contributed by atoms with E-state index in [4.69, 9.17) is 0 Å². The summed E-state index contributed by atoms with van der Waals surface area (Å²) in [5.74, 6) is 0.892. The van der Waals surface area contributed by atoms with E-state index in [-0.39, 0.29) is 11.8 Å². The van der Waals surface area contributed by atoms with Gasteiger partial charge in [0.2, 0.25) is 5.91 Å². The van der Waals surface area contributed by atoms with E-state index >= 15 is 0 Å². The lowest BCUT2D eigenvalue weighted by Crippen LogP contribution is -2.40. The van der Waals surface area contributed by atoms with Crippen LogP contribution in [0.15, 0.2) is 36.5 Å². The number of fused-ring (bicyclic) bond motifs is 1. The molecule has 4 rings (SSSR count). The van der Waals surface area contributed by atoms with Gasteiger partial charge in [0.15, 0.2) is 0 Å². The average Bonchev–Trinajstić information content (AvgIpc) is 3.37. The van der Waals surface area contributed by atoms with Crippen molar-refractivity contribution in [3.63, 3.8) is 0 Å². The fourth-order valence-corrected chi connectivity index (χ4v) is 4.16. The van der Waals surface area contributed by atoms with Crippen LogP contribution in [0.4, 0.5) is 5.82 Å². The summed E-state index contributed by atoms with van der Waals surface area (Å²) in [6, 6.07) is 9.83. The summed E-state index contributed by atoms with van der Waals surface area (Å²) in [4.78, 5) is 29.0. The van der Waals surface area contributed by atoms with Crippen LogP contribution in [0.5, 0.6) is 0 Å². The molecular formula is C21H27N5O2. The molecule has 7 heteroatoms. The van der Waals surface area contributed by atoms with Crippen LogP contribution in [0.25, 0.3) is 0 Å². The number of anilines is 1. The molecule has 3 heterocycles. The molecule has 1 saturated heterocycles. The maximum Gasteiger partial charge on any atom is 0.251 e. The predicted octanol–water partition coefficient (Wildman–Crippen LogP) is 2.03. The number of nitrogens with zero attached hydrogens (tertiary/aromatic N) is 4. The number of benzene rings is 1. The van der Waals surface area contributed by atoms with Crippen molar-refractivity contribution in [3.8, 4) is 0 Å². The molecule has 1 N–H and O–H groups in total. The van der Waals surface area contributed by atoms with E-state index in [0.29, 0.717) is 37.7 Å². The van der Waals surface area contributed by atoms with Crippen molar-refractivity contribution >= 4 is 17.6 Å². The van der Waals surface area contributed by atoms with E-state index < -0.39 is 0 Å². The number of nitrogens with one attached hydrogen (secondary N) is 1. The lowest BCUT2D eigenvalue weighted by Gasteiger charge is -2.27. The Morgan fingerprint density at radius 1 is 1.21 bits per heavy atom. The van der Waals surface area contributed by atoms with Gasteiger partial charge in [-0.1, -0.05) is 19.1 Å². The topological polar surface area (TPSA) is 70.5 Å². The number of hydrogen-bond acceptors (Lipinski definition) is 4. The highest BCUT2D eigenvalue weighted by atomic mass is 16.2. The second-order valence-electron chi connectivity index (χ2n) is 7.47. The molecule has 1 aromatic carbocycles. The lowest BCUT2D eigenvalue weighted by molar-refractivity contribution is -0.119. The minimum Gasteiger partial charge on any atom is -0.350 e. The van der Waals surface area contributed by atoms with Gasteiger partial charge in [-0.05, 0) is 43.6 Å². The maximum absolute atomic E-state index is 12.5. The van der Waals surface area contributed by atoms with Gasteiger partial charge >= 0.3 is 0 Å². The van der Waals surface area contributed by atoms with Crippen molar-refractivity contribution in [3.05, 3.63) is 47.7 Å². The highest BCUT2D eigenvalue weighted by Gasteiger charge is 2.25. The molecular weight excluding hydrogens is 354 g/mol. The Morgan fingerprint density at radius 2 is 2.04 bits per heavy atom. The summed E-state index contributed by atoms with van der Waals surface area (Å²) >= 11 is 0. The molecule has 1 unspecified atom stereocenters. The Kier molecular flexibility index (Phi) is 5.43. The minimum atomic E-state index is -0.0402. The summed E-state index contributed by atoms with van der Waals surface area (Å²) in [5, 5.41) is 7.32. The first-order valence-corrected chi connectivity index (χ1v) is 10.1. The third kappa shape index (κ3) is 3.80. The van der Waals surface area contributed by atoms with Crippen molar-refractivity contribution in [2.24, 2.45) is 0 Å². The third-order valence-corrected chi connectivity index (χ3v) is 5.77. The molecule has 2 aromatic rings. The molecule has 28 heavy (non-hydrogen) atoms. The SMILES string of the molecule is CCN1CCCC1CNC(=O)c1ccc(CN2C(=O)CCn3nccc32)cc1. The monoisotopic (exact) mass is 381 g/mol. The second-order valence-corrected chi connectivity index (χ2v) is 7.47. The summed E-state index contributed by atoms with van der Waals surface area (Å²) in [7, 11) is 0. The molecule has 1 aromatic heterocycles. The van der Waals surface area contributed by atoms with Gasteiger partial charge in [-0.2, -0.15) is 5.10 Å². The molecule has 0 radical (unpaired) electrons. The normalized spacial score (nSPS) is 19.7. The molecule has 2 aliphatic rings. The first kappa shape index (κ1) is 18.7. The number of likely N-dealkylation sites (N-methyl/N-ethyl adjacent to an activating group) is 1. The zero-order valence-electron chi connectivity index (χ0n) is 16.3. The fourth-order valence-electron chi connectivity index (χ4n) is 4.16. The average molecular weight is 381 g/mol. The number of carbonyl (C=O) groups excluding carboxylic acids is 2. The van der Waals surface area contributed by atoms with Gasteiger partial charge in [0.05, 0.1) is 19.3 Å². The Labute approximate surface area is 165 Å². The molecule has 1 atom stereocenters. The largest absolute Gasteiger partial charge is 0.350 e. The van der Waals surface area contributed by atoms with Gasteiger partial charge in [0.1, 0.15) is 5.82 Å². The molecule has 2 aliphatic heterocycles. The highest BCUT2D eigenvalue weighted by Crippen LogP contribution is 2.23. The van der Waals surface area contributed by atoms with Gasteiger partial charge in [-0.15, -0.1) is 0 Å². The van der Waals surface area contributed by atoms with Crippen molar-refractivity contribution in [1.82, 2.24) is 20.0 Å². The molecule has 148 valence electrons. The van der Waals surface area contributed by atoms with Crippen LogP contribution in [0.3, 0.4) is 0 Å². The van der Waals surface area contributed by atoms with Crippen LogP contribution in [0.2, 0.25) is 0 Å². The number of hydrogen-bond donors (Lipinski definition) is 1. The zero-order valence-corrected chi connectivity index (χ0v) is 16.3. The van der Waals surface area contributed by atoms with Crippen molar-refractivity contribution in [1.29, 1.82) is 0 Å². The number of likely N-dealkylation sites (tertiary alicyclic amines) is 1. The summed E-state index contributed by atoms with van der Waals surface area (Å²) < 4.78 is 1.85. The van der Waals surface area contributed by atoms with E-state index in [1.54, 1.807) is 11.1 Å². The van der Waals surface area contributed by atoms with E-state index in [1.807, 2.05) is 35.0 Å². The molecule has 2 amide bonds. The number of carbonyl (C=O) groups is 2. The lowest BCUT2D eigenvalue weighted by atomic mass is 10.1. The molecule has 0 spiro atoms. The smallest absolute Gasteiger partial charge is 0.251 e. The summed E-state index contributed by atoms with van der Waals surface area (Å²) in [6.45, 7) is 6.13. The van der Waals surface area contributed by atoms with Gasteiger partial charge in [0.25, 0.3) is 5.91 Å². The standard InChI is InChI=1S/C21H27N5O2/c1-2-24-12-3-4-18(24)14-22-21(28)17-7-5-16(6-8-17)15-25-19-9-11-23-26(19)13-10-20(25)27/h5-9,11,18H,2-4,10,12-15H2,1H3,(H,22,28). The van der Waals surface area contributed by atoms with Crippen LogP contribution in [0, 0.1) is 0 Å². The van der Waals surface area contributed by atoms with Gasteiger partial charge in [0, 0.05) is 30.6 Å². The number of amides is 2. The number of aryl methyl sites for hydroxylation is 1. The van der Waals surface area contributed by atoms with Crippen molar-refractivity contribution in [2.75, 3.05) is 24.5 Å². The van der Waals surface area contributed by atoms with Crippen LogP contribution in [0.1, 0.15) is 42.1 Å². The number of rotatable bonds is 6. The van der Waals surface area contributed by atoms with Crippen LogP contribution < -0.4 is 10.2 Å². The van der Waals surface area contributed by atoms with E-state index in [1.165, 1.54) is 6.42 Å². The van der Waals surface area contributed by atoms with Crippen LogP contribution >= 0.6 is 0 Å². The van der Waals surface area contributed by atoms with E-state index in [9.17, 15) is 9.59 Å². The first-order chi connectivity index (χ1) is 13.7. The zero-order chi connectivity index (χ0) is 19.5. The molecule has 7 nitrogen and oxygen atoms in total. The van der Waals surface area contributed by atoms with Crippen molar-refractivity contribution < 1.29 is 9.59 Å². The summed E-state index contributed by atoms with van der Waals surface area (Å²) in [6.07, 6.45) is 4.54. The Morgan fingerprint density at radius 3 is 2.82 bits per heavy atom. The Bertz CT molecular complexity index is 845. The molecule has 1 fully saturated rings. The van der Waals surface area contributed by atoms with Crippen LogP contribution in [-0.4, -0.2) is 52.2 Å². The molecule has 0 aliphatic carbocycles. The first-order valence-electron chi connectivity index (χ1n) is 10.1. The number of aromatic nitrogens is 2. The predicted molar refractivity (Wildman–Crippen MR) is 107 cm³/mol. The summed E-state index contributed by atoms with van der Waals surface area (Å²) in [5.41, 5.74) is 1.65. The molecule has 0 saturated carbocycles.